The van der Waals surface area contributed by atoms with Gasteiger partial charge in [-0.25, -0.2) is 4.90 Å². The third-order valence-electron chi connectivity index (χ3n) is 3.82. The third-order valence-corrected chi connectivity index (χ3v) is 3.82. The Kier molecular flexibility index (Phi) is 2.36. The molecule has 1 aromatic heterocycles. The number of nitrogens with zero attached hydrogens (tertiary/aromatic N) is 2. The van der Waals surface area contributed by atoms with Crippen molar-refractivity contribution in [1.82, 2.24) is 10.2 Å². The van der Waals surface area contributed by atoms with Crippen molar-refractivity contribution in [2.45, 2.75) is 26.7 Å². The molecule has 0 unspecified atom stereocenters. The first-order valence-corrected chi connectivity index (χ1v) is 6.15. The van der Waals surface area contributed by atoms with Gasteiger partial charge in [-0.2, -0.15) is 5.10 Å². The molecule has 1 N–H and O–H groups in total. The highest BCUT2D eigenvalue weighted by Crippen LogP contribution is 2.39. The van der Waals surface area contributed by atoms with Crippen molar-refractivity contribution in [2.24, 2.45) is 11.8 Å². The highest BCUT2D eigenvalue weighted by Gasteiger charge is 2.48. The molecule has 1 fully saturated rings. The molecule has 5 nitrogen and oxygen atoms in total. The van der Waals surface area contributed by atoms with Crippen molar-refractivity contribution in [2.75, 3.05) is 4.90 Å². The van der Waals surface area contributed by atoms with Crippen LogP contribution in [0.3, 0.4) is 0 Å². The lowest BCUT2D eigenvalue weighted by Crippen LogP contribution is -2.31. The van der Waals surface area contributed by atoms with E-state index in [4.69, 9.17) is 0 Å². The standard InChI is InChI=1S/C13H15N3O2/c1-7-11(8(2)15-14-7)16-12(17)9-5-3-4-6-10(9)13(16)18/h3-4,9-10H,5-6H2,1-2H3,(H,14,15)/t9-,10+. The van der Waals surface area contributed by atoms with Crippen LogP contribution in [0.1, 0.15) is 24.2 Å². The first kappa shape index (κ1) is 11.2. The van der Waals surface area contributed by atoms with E-state index in [2.05, 4.69) is 10.2 Å². The molecule has 1 saturated heterocycles. The lowest BCUT2D eigenvalue weighted by atomic mass is 9.85. The first-order valence-electron chi connectivity index (χ1n) is 6.15. The minimum absolute atomic E-state index is 0.0815. The Morgan fingerprint density at radius 1 is 1.17 bits per heavy atom. The van der Waals surface area contributed by atoms with Gasteiger partial charge in [-0.1, -0.05) is 12.2 Å². The number of hydrogen-bond acceptors (Lipinski definition) is 3. The molecule has 1 aromatic rings. The molecule has 3 rings (SSSR count). The Hall–Kier alpha value is -1.91. The molecule has 94 valence electrons. The largest absolute Gasteiger partial charge is 0.280 e. The summed E-state index contributed by atoms with van der Waals surface area (Å²) in [4.78, 5) is 26.1. The second-order valence-corrected chi connectivity index (χ2v) is 4.95. The zero-order valence-corrected chi connectivity index (χ0v) is 10.4. The van der Waals surface area contributed by atoms with E-state index in [9.17, 15) is 9.59 Å². The molecule has 0 saturated carbocycles. The number of hydrogen-bond donors (Lipinski definition) is 1. The Bertz CT molecular complexity index is 513. The van der Waals surface area contributed by atoms with Crippen LogP contribution in [0.5, 0.6) is 0 Å². The summed E-state index contributed by atoms with van der Waals surface area (Å²) in [6.45, 7) is 3.63. The minimum Gasteiger partial charge on any atom is -0.280 e. The van der Waals surface area contributed by atoms with Gasteiger partial charge in [0.05, 0.1) is 28.9 Å². The topological polar surface area (TPSA) is 66.1 Å². The van der Waals surface area contributed by atoms with Crippen molar-refractivity contribution >= 4 is 17.5 Å². The summed E-state index contributed by atoms with van der Waals surface area (Å²) in [5.74, 6) is -0.531. The fourth-order valence-electron chi connectivity index (χ4n) is 2.90. The third kappa shape index (κ3) is 1.36. The van der Waals surface area contributed by atoms with Crippen LogP contribution in [0.25, 0.3) is 0 Å². The second-order valence-electron chi connectivity index (χ2n) is 4.95. The second kappa shape index (κ2) is 3.80. The molecule has 2 amide bonds. The van der Waals surface area contributed by atoms with Gasteiger partial charge in [0.25, 0.3) is 0 Å². The lowest BCUT2D eigenvalue weighted by Gasteiger charge is -2.14. The molecule has 2 heterocycles. The van der Waals surface area contributed by atoms with Crippen LogP contribution < -0.4 is 4.90 Å². The summed E-state index contributed by atoms with van der Waals surface area (Å²) in [7, 11) is 0. The number of fused-ring (bicyclic) bond motifs is 1. The van der Waals surface area contributed by atoms with Crippen molar-refractivity contribution in [3.63, 3.8) is 0 Å². The Balaban J connectivity index is 2.05. The zero-order chi connectivity index (χ0) is 12.9. The average Bonchev–Trinajstić information content (AvgIpc) is 2.81. The molecule has 0 bridgehead atoms. The van der Waals surface area contributed by atoms with Crippen LogP contribution in [0.15, 0.2) is 12.2 Å². The van der Waals surface area contributed by atoms with Gasteiger partial charge in [-0.3, -0.25) is 14.7 Å². The molecule has 0 aromatic carbocycles. The molecular weight excluding hydrogens is 230 g/mol. The van der Waals surface area contributed by atoms with Gasteiger partial charge in [0.1, 0.15) is 0 Å². The van der Waals surface area contributed by atoms with Crippen molar-refractivity contribution in [3.8, 4) is 0 Å². The fourth-order valence-corrected chi connectivity index (χ4v) is 2.90. The summed E-state index contributed by atoms with van der Waals surface area (Å²) in [6.07, 6.45) is 5.32. The number of allylic oxidation sites excluding steroid dienone is 2. The maximum Gasteiger partial charge on any atom is 0.238 e. The summed E-state index contributed by atoms with van der Waals surface area (Å²) in [5, 5.41) is 6.88. The number of carbonyl (C=O) groups is 2. The van der Waals surface area contributed by atoms with Crippen molar-refractivity contribution in [1.29, 1.82) is 0 Å². The van der Waals surface area contributed by atoms with E-state index in [1.54, 1.807) is 6.92 Å². The maximum absolute atomic E-state index is 12.4. The van der Waals surface area contributed by atoms with Crippen LogP contribution in [0, 0.1) is 25.7 Å². The smallest absolute Gasteiger partial charge is 0.238 e. The van der Waals surface area contributed by atoms with Gasteiger partial charge in [0.15, 0.2) is 0 Å². The average molecular weight is 245 g/mol. The van der Waals surface area contributed by atoms with Crippen molar-refractivity contribution < 1.29 is 9.59 Å². The van der Waals surface area contributed by atoms with Crippen LogP contribution in [0.2, 0.25) is 0 Å². The van der Waals surface area contributed by atoms with Crippen molar-refractivity contribution in [3.05, 3.63) is 23.5 Å². The number of nitrogens with one attached hydrogen (secondary N) is 1. The van der Waals surface area contributed by atoms with Gasteiger partial charge in [0.2, 0.25) is 11.8 Å². The SMILES string of the molecule is Cc1n[nH]c(C)c1N1C(=O)[C@H]2CC=CC[C@H]2C1=O. The van der Waals surface area contributed by atoms with E-state index in [1.807, 2.05) is 19.1 Å². The summed E-state index contributed by atoms with van der Waals surface area (Å²) < 4.78 is 0. The number of aryl methyl sites for hydroxylation is 2. The summed E-state index contributed by atoms with van der Waals surface area (Å²) >= 11 is 0. The Labute approximate surface area is 105 Å². The monoisotopic (exact) mass is 245 g/mol. The predicted octanol–water partition coefficient (Wildman–Crippen LogP) is 1.48. The normalized spacial score (nSPS) is 26.9. The predicted molar refractivity (Wildman–Crippen MR) is 65.9 cm³/mol. The lowest BCUT2D eigenvalue weighted by molar-refractivity contribution is -0.122. The van der Waals surface area contributed by atoms with Crippen LogP contribution in [-0.4, -0.2) is 22.0 Å². The van der Waals surface area contributed by atoms with E-state index in [0.717, 1.165) is 5.69 Å². The van der Waals surface area contributed by atoms with E-state index < -0.39 is 0 Å². The highest BCUT2D eigenvalue weighted by atomic mass is 16.2. The number of aromatic amines is 1. The molecule has 18 heavy (non-hydrogen) atoms. The minimum atomic E-state index is -0.184. The molecule has 0 spiro atoms. The number of aromatic nitrogens is 2. The highest BCUT2D eigenvalue weighted by molar-refractivity contribution is 6.22. The van der Waals surface area contributed by atoms with Gasteiger partial charge in [-0.15, -0.1) is 0 Å². The van der Waals surface area contributed by atoms with Crippen LogP contribution >= 0.6 is 0 Å². The number of H-pyrrole nitrogens is 1. The molecule has 1 aliphatic heterocycles. The molecule has 0 radical (unpaired) electrons. The van der Waals surface area contributed by atoms with Gasteiger partial charge >= 0.3 is 0 Å². The van der Waals surface area contributed by atoms with E-state index in [-0.39, 0.29) is 23.7 Å². The summed E-state index contributed by atoms with van der Waals surface area (Å²) in [5.41, 5.74) is 2.10. The molecule has 2 aliphatic rings. The number of anilines is 1. The fraction of sp³-hybridized carbons (Fsp3) is 0.462. The van der Waals surface area contributed by atoms with Gasteiger partial charge < -0.3 is 0 Å². The Morgan fingerprint density at radius 2 is 1.72 bits per heavy atom. The van der Waals surface area contributed by atoms with E-state index in [0.29, 0.717) is 24.2 Å². The Morgan fingerprint density at radius 3 is 2.17 bits per heavy atom. The first-order chi connectivity index (χ1) is 8.61. The molecule has 2 atom stereocenters. The van der Waals surface area contributed by atoms with Crippen LogP contribution in [-0.2, 0) is 9.59 Å². The molecule has 1 aliphatic carbocycles. The number of carbonyl (C=O) groups excluding carboxylic acids is 2. The van der Waals surface area contributed by atoms with Gasteiger partial charge in [0, 0.05) is 0 Å². The molecule has 5 heteroatoms. The van der Waals surface area contributed by atoms with Gasteiger partial charge in [-0.05, 0) is 26.7 Å². The summed E-state index contributed by atoms with van der Waals surface area (Å²) in [6, 6.07) is 0. The molecular formula is C13H15N3O2. The maximum atomic E-state index is 12.4. The quantitative estimate of drug-likeness (QED) is 0.602. The van der Waals surface area contributed by atoms with E-state index in [1.165, 1.54) is 4.90 Å². The van der Waals surface area contributed by atoms with Crippen LogP contribution in [0.4, 0.5) is 5.69 Å². The van der Waals surface area contributed by atoms with E-state index >= 15 is 0 Å². The number of rotatable bonds is 1. The number of amides is 2. The number of imide groups is 1. The zero-order valence-electron chi connectivity index (χ0n) is 10.4.